The van der Waals surface area contributed by atoms with Gasteiger partial charge in [0.1, 0.15) is 17.0 Å². The molecule has 1 aliphatic rings. The second-order valence-corrected chi connectivity index (χ2v) is 6.24. The minimum Gasteiger partial charge on any atom is -0.383 e. The van der Waals surface area contributed by atoms with Gasteiger partial charge in [-0.05, 0) is 36.6 Å². The summed E-state index contributed by atoms with van der Waals surface area (Å²) in [5.41, 5.74) is -0.473. The highest BCUT2D eigenvalue weighted by molar-refractivity contribution is 5.99. The van der Waals surface area contributed by atoms with E-state index in [9.17, 15) is 24.4 Å². The van der Waals surface area contributed by atoms with Gasteiger partial charge in [-0.1, -0.05) is 24.3 Å². The Morgan fingerprint density at radius 3 is 2.60 bits per heavy atom. The molecule has 7 heteroatoms. The normalized spacial score (nSPS) is 19.9. The van der Waals surface area contributed by atoms with E-state index in [4.69, 9.17) is 0 Å². The second kappa shape index (κ2) is 6.25. The summed E-state index contributed by atoms with van der Waals surface area (Å²) in [5.74, 6) is -0.892. The van der Waals surface area contributed by atoms with Crippen molar-refractivity contribution in [2.75, 3.05) is 13.1 Å². The summed E-state index contributed by atoms with van der Waals surface area (Å²) in [6.45, 7) is 1.91. The maximum atomic E-state index is 13.1. The summed E-state index contributed by atoms with van der Waals surface area (Å²) in [4.78, 5) is 24.9. The van der Waals surface area contributed by atoms with Crippen molar-refractivity contribution in [3.8, 4) is 0 Å². The zero-order valence-electron chi connectivity index (χ0n) is 13.6. The molecule has 0 aromatic heterocycles. The Labute approximate surface area is 143 Å². The molecule has 0 bridgehead atoms. The van der Waals surface area contributed by atoms with Crippen LogP contribution in [0.5, 0.6) is 0 Å². The van der Waals surface area contributed by atoms with Gasteiger partial charge in [0.15, 0.2) is 0 Å². The fourth-order valence-electron chi connectivity index (χ4n) is 3.20. The zero-order chi connectivity index (χ0) is 18.2. The van der Waals surface area contributed by atoms with Crippen LogP contribution in [0, 0.1) is 22.9 Å². The quantitative estimate of drug-likeness (QED) is 0.685. The summed E-state index contributed by atoms with van der Waals surface area (Å²) in [5, 5.41) is 22.0. The number of hydrogen-bond acceptors (Lipinski definition) is 4. The molecule has 1 aliphatic heterocycles. The van der Waals surface area contributed by atoms with Crippen molar-refractivity contribution in [2.45, 2.75) is 18.9 Å². The third kappa shape index (κ3) is 3.10. The number of carbonyl (C=O) groups excluding carboxylic acids is 1. The molecule has 1 heterocycles. The van der Waals surface area contributed by atoms with E-state index in [1.165, 1.54) is 41.3 Å². The smallest absolute Gasteiger partial charge is 0.282 e. The van der Waals surface area contributed by atoms with Crippen LogP contribution in [0.4, 0.5) is 10.1 Å². The summed E-state index contributed by atoms with van der Waals surface area (Å²) in [6.07, 6.45) is 0.282. The number of rotatable bonds is 3. The van der Waals surface area contributed by atoms with E-state index in [1.807, 2.05) is 0 Å². The van der Waals surface area contributed by atoms with Crippen molar-refractivity contribution in [1.82, 2.24) is 4.90 Å². The van der Waals surface area contributed by atoms with Crippen molar-refractivity contribution in [3.63, 3.8) is 0 Å². The molecular formula is C18H17FN2O4. The van der Waals surface area contributed by atoms with Crippen LogP contribution in [-0.2, 0) is 5.60 Å². The molecule has 0 saturated carbocycles. The Kier molecular flexibility index (Phi) is 4.26. The number of aliphatic hydroxyl groups is 1. The van der Waals surface area contributed by atoms with Crippen molar-refractivity contribution >= 4 is 11.6 Å². The third-order valence-corrected chi connectivity index (χ3v) is 4.58. The van der Waals surface area contributed by atoms with Gasteiger partial charge in [-0.15, -0.1) is 0 Å². The van der Waals surface area contributed by atoms with Crippen LogP contribution in [0.3, 0.4) is 0 Å². The average Bonchev–Trinajstić information content (AvgIpc) is 2.98. The molecule has 2 aromatic rings. The number of nitro benzene ring substituents is 1. The zero-order valence-corrected chi connectivity index (χ0v) is 13.6. The predicted molar refractivity (Wildman–Crippen MR) is 88.7 cm³/mol. The van der Waals surface area contributed by atoms with Gasteiger partial charge in [0, 0.05) is 12.6 Å². The molecule has 1 fully saturated rings. The number of aryl methyl sites for hydroxylation is 1. The number of likely N-dealkylation sites (tertiary alicyclic amines) is 1. The summed E-state index contributed by atoms with van der Waals surface area (Å²) in [6, 6.07) is 9.95. The monoisotopic (exact) mass is 344 g/mol. The minimum atomic E-state index is -1.29. The highest BCUT2D eigenvalue weighted by Crippen LogP contribution is 2.34. The maximum Gasteiger partial charge on any atom is 0.282 e. The number of nitrogens with zero attached hydrogens (tertiary/aromatic N) is 2. The molecule has 1 N–H and O–H groups in total. The standard InChI is InChI=1S/C18H17FN2O4/c1-12-3-2-4-15(21(24)25)16(12)17(22)20-10-9-18(23,11-20)13-5-7-14(19)8-6-13/h2-8,23H,9-11H2,1H3/t18-/m0/s1. The van der Waals surface area contributed by atoms with Crippen LogP contribution >= 0.6 is 0 Å². The first-order valence-corrected chi connectivity index (χ1v) is 7.83. The first-order chi connectivity index (χ1) is 11.8. The highest BCUT2D eigenvalue weighted by atomic mass is 19.1. The van der Waals surface area contributed by atoms with Gasteiger partial charge in [-0.25, -0.2) is 4.39 Å². The second-order valence-electron chi connectivity index (χ2n) is 6.24. The third-order valence-electron chi connectivity index (χ3n) is 4.58. The number of β-amino-alcohol motifs (C(OH)–C–C–N with tert-alkyl or cyclic N) is 1. The van der Waals surface area contributed by atoms with Gasteiger partial charge in [0.2, 0.25) is 0 Å². The van der Waals surface area contributed by atoms with Crippen LogP contribution in [0.25, 0.3) is 0 Å². The molecule has 3 rings (SSSR count). The predicted octanol–water partition coefficient (Wildman–Crippen LogP) is 2.78. The van der Waals surface area contributed by atoms with Gasteiger partial charge < -0.3 is 10.0 Å². The molecule has 0 spiro atoms. The maximum absolute atomic E-state index is 13.1. The Balaban J connectivity index is 1.89. The molecule has 1 amide bonds. The Hall–Kier alpha value is -2.80. The van der Waals surface area contributed by atoms with E-state index < -0.39 is 22.2 Å². The van der Waals surface area contributed by atoms with Crippen molar-refractivity contribution in [2.24, 2.45) is 0 Å². The van der Waals surface area contributed by atoms with E-state index in [-0.39, 0.29) is 30.8 Å². The van der Waals surface area contributed by atoms with Gasteiger partial charge in [0.05, 0.1) is 11.5 Å². The Morgan fingerprint density at radius 1 is 1.28 bits per heavy atom. The highest BCUT2D eigenvalue weighted by Gasteiger charge is 2.41. The van der Waals surface area contributed by atoms with Gasteiger partial charge in [0.25, 0.3) is 11.6 Å². The molecule has 0 unspecified atom stereocenters. The minimum absolute atomic E-state index is 0.00293. The van der Waals surface area contributed by atoms with Gasteiger partial charge in [-0.3, -0.25) is 14.9 Å². The van der Waals surface area contributed by atoms with Crippen molar-refractivity contribution < 1.29 is 19.2 Å². The number of hydrogen-bond donors (Lipinski definition) is 1. The first kappa shape index (κ1) is 17.0. The summed E-state index contributed by atoms with van der Waals surface area (Å²) < 4.78 is 13.1. The summed E-state index contributed by atoms with van der Waals surface area (Å²) in [7, 11) is 0. The van der Waals surface area contributed by atoms with Crippen LogP contribution in [-0.4, -0.2) is 33.9 Å². The van der Waals surface area contributed by atoms with Crippen LogP contribution < -0.4 is 0 Å². The lowest BCUT2D eigenvalue weighted by Crippen LogP contribution is -2.35. The SMILES string of the molecule is Cc1cccc([N+](=O)[O-])c1C(=O)N1CC[C@@](O)(c2ccc(F)cc2)C1. The van der Waals surface area contributed by atoms with Crippen molar-refractivity contribution in [1.29, 1.82) is 0 Å². The van der Waals surface area contributed by atoms with E-state index in [0.29, 0.717) is 11.1 Å². The van der Waals surface area contributed by atoms with E-state index in [0.717, 1.165) is 0 Å². The van der Waals surface area contributed by atoms with Crippen LogP contribution in [0.2, 0.25) is 0 Å². The molecule has 25 heavy (non-hydrogen) atoms. The van der Waals surface area contributed by atoms with E-state index in [2.05, 4.69) is 0 Å². The number of benzene rings is 2. The largest absolute Gasteiger partial charge is 0.383 e. The molecule has 1 atom stereocenters. The Bertz CT molecular complexity index is 837. The fourth-order valence-corrected chi connectivity index (χ4v) is 3.20. The van der Waals surface area contributed by atoms with Gasteiger partial charge in [-0.2, -0.15) is 0 Å². The molecule has 0 radical (unpaired) electrons. The molecule has 2 aromatic carbocycles. The molecule has 130 valence electrons. The molecule has 6 nitrogen and oxygen atoms in total. The number of carbonyl (C=O) groups is 1. The average molecular weight is 344 g/mol. The molecular weight excluding hydrogens is 327 g/mol. The van der Waals surface area contributed by atoms with Crippen LogP contribution in [0.1, 0.15) is 27.9 Å². The summed E-state index contributed by atoms with van der Waals surface area (Å²) >= 11 is 0. The Morgan fingerprint density at radius 2 is 1.96 bits per heavy atom. The number of nitro groups is 1. The first-order valence-electron chi connectivity index (χ1n) is 7.83. The van der Waals surface area contributed by atoms with Crippen molar-refractivity contribution in [3.05, 3.63) is 75.1 Å². The van der Waals surface area contributed by atoms with E-state index >= 15 is 0 Å². The topological polar surface area (TPSA) is 83.7 Å². The lowest BCUT2D eigenvalue weighted by Gasteiger charge is -2.24. The van der Waals surface area contributed by atoms with Gasteiger partial charge >= 0.3 is 0 Å². The fraction of sp³-hybridized carbons (Fsp3) is 0.278. The number of amides is 1. The molecule has 1 saturated heterocycles. The number of halogens is 1. The molecule has 0 aliphatic carbocycles. The van der Waals surface area contributed by atoms with Crippen LogP contribution in [0.15, 0.2) is 42.5 Å². The lowest BCUT2D eigenvalue weighted by molar-refractivity contribution is -0.385. The lowest BCUT2D eigenvalue weighted by atomic mass is 9.93. The van der Waals surface area contributed by atoms with E-state index in [1.54, 1.807) is 13.0 Å².